The van der Waals surface area contributed by atoms with Crippen LogP contribution in [-0.2, 0) is 17.9 Å². The third kappa shape index (κ3) is 3.80. The van der Waals surface area contributed by atoms with Crippen LogP contribution in [-0.4, -0.2) is 24.4 Å². The Morgan fingerprint density at radius 3 is 2.44 bits per heavy atom. The molecule has 1 aliphatic heterocycles. The first kappa shape index (κ1) is 13.5. The van der Waals surface area contributed by atoms with Crippen molar-refractivity contribution in [1.29, 1.82) is 0 Å². The van der Waals surface area contributed by atoms with E-state index in [2.05, 4.69) is 24.4 Å². The molecule has 2 rings (SSSR count). The van der Waals surface area contributed by atoms with Crippen LogP contribution >= 0.6 is 0 Å². The summed E-state index contributed by atoms with van der Waals surface area (Å²) in [4.78, 5) is 0. The van der Waals surface area contributed by atoms with Crippen LogP contribution in [0.4, 0.5) is 0 Å². The molecule has 1 aromatic carbocycles. The molecular formula is C15H23NO2. The van der Waals surface area contributed by atoms with Gasteiger partial charge in [-0.3, -0.25) is 0 Å². The number of hydrogen-bond donors (Lipinski definition) is 2. The summed E-state index contributed by atoms with van der Waals surface area (Å²) in [7, 11) is 0. The highest BCUT2D eigenvalue weighted by Crippen LogP contribution is 2.18. The molecule has 0 aliphatic carbocycles. The van der Waals surface area contributed by atoms with Gasteiger partial charge in [0, 0.05) is 25.8 Å². The molecule has 2 N–H and O–H groups in total. The van der Waals surface area contributed by atoms with Gasteiger partial charge in [-0.25, -0.2) is 0 Å². The molecule has 0 bridgehead atoms. The quantitative estimate of drug-likeness (QED) is 0.839. The van der Waals surface area contributed by atoms with Crippen molar-refractivity contribution in [3.05, 3.63) is 35.4 Å². The maximum Gasteiger partial charge on any atom is 0.0681 e. The molecule has 1 aromatic rings. The molecule has 1 atom stereocenters. The number of nitrogens with one attached hydrogen (secondary N) is 1. The second-order valence-corrected chi connectivity index (χ2v) is 5.09. The summed E-state index contributed by atoms with van der Waals surface area (Å²) >= 11 is 0. The van der Waals surface area contributed by atoms with Gasteiger partial charge in [0.2, 0.25) is 0 Å². The molecule has 3 heteroatoms. The van der Waals surface area contributed by atoms with E-state index in [1.165, 1.54) is 5.56 Å². The van der Waals surface area contributed by atoms with Gasteiger partial charge in [0.1, 0.15) is 0 Å². The van der Waals surface area contributed by atoms with E-state index in [0.717, 1.165) is 44.1 Å². The molecule has 0 radical (unpaired) electrons. The fraction of sp³-hybridized carbons (Fsp3) is 0.600. The lowest BCUT2D eigenvalue weighted by atomic mass is 9.93. The highest BCUT2D eigenvalue weighted by molar-refractivity contribution is 5.21. The van der Waals surface area contributed by atoms with Crippen molar-refractivity contribution >= 4 is 0 Å². The fourth-order valence-corrected chi connectivity index (χ4v) is 2.42. The van der Waals surface area contributed by atoms with Gasteiger partial charge in [-0.15, -0.1) is 0 Å². The predicted octanol–water partition coefficient (Wildman–Crippen LogP) is 2.08. The van der Waals surface area contributed by atoms with Crippen molar-refractivity contribution in [2.24, 2.45) is 5.92 Å². The van der Waals surface area contributed by atoms with Crippen molar-refractivity contribution in [2.75, 3.05) is 13.2 Å². The zero-order valence-corrected chi connectivity index (χ0v) is 11.1. The van der Waals surface area contributed by atoms with E-state index in [9.17, 15) is 0 Å². The average molecular weight is 249 g/mol. The Labute approximate surface area is 109 Å². The summed E-state index contributed by atoms with van der Waals surface area (Å²) in [6.45, 7) is 5.08. The van der Waals surface area contributed by atoms with Crippen LogP contribution < -0.4 is 5.32 Å². The molecule has 1 fully saturated rings. The predicted molar refractivity (Wildman–Crippen MR) is 72.2 cm³/mol. The lowest BCUT2D eigenvalue weighted by Gasteiger charge is -2.28. The first-order valence-electron chi connectivity index (χ1n) is 6.79. The summed E-state index contributed by atoms with van der Waals surface area (Å²) in [6.07, 6.45) is 2.33. The first-order valence-corrected chi connectivity index (χ1v) is 6.79. The van der Waals surface area contributed by atoms with Crippen molar-refractivity contribution in [3.8, 4) is 0 Å². The molecule has 0 amide bonds. The Morgan fingerprint density at radius 1 is 1.22 bits per heavy atom. The van der Waals surface area contributed by atoms with Gasteiger partial charge >= 0.3 is 0 Å². The summed E-state index contributed by atoms with van der Waals surface area (Å²) in [6, 6.07) is 8.66. The zero-order chi connectivity index (χ0) is 12.8. The standard InChI is InChI=1S/C15H23NO2/c1-12(15-6-8-18-9-7-15)16-10-13-2-4-14(11-17)5-3-13/h2-5,12,15-17H,6-11H2,1H3. The second kappa shape index (κ2) is 6.88. The Balaban J connectivity index is 1.78. The van der Waals surface area contributed by atoms with Crippen molar-refractivity contribution in [2.45, 2.75) is 39.0 Å². The molecule has 18 heavy (non-hydrogen) atoms. The van der Waals surface area contributed by atoms with Crippen LogP contribution in [0.1, 0.15) is 30.9 Å². The summed E-state index contributed by atoms with van der Waals surface area (Å²) in [5.41, 5.74) is 2.24. The van der Waals surface area contributed by atoms with Gasteiger partial charge in [0.15, 0.2) is 0 Å². The Morgan fingerprint density at radius 2 is 1.83 bits per heavy atom. The third-order valence-corrected chi connectivity index (χ3v) is 3.81. The van der Waals surface area contributed by atoms with Crippen LogP contribution in [0.2, 0.25) is 0 Å². The minimum absolute atomic E-state index is 0.117. The monoisotopic (exact) mass is 249 g/mol. The maximum absolute atomic E-state index is 8.99. The number of benzene rings is 1. The van der Waals surface area contributed by atoms with Crippen molar-refractivity contribution in [3.63, 3.8) is 0 Å². The lowest BCUT2D eigenvalue weighted by molar-refractivity contribution is 0.0558. The minimum Gasteiger partial charge on any atom is -0.392 e. The second-order valence-electron chi connectivity index (χ2n) is 5.09. The van der Waals surface area contributed by atoms with Gasteiger partial charge in [0.25, 0.3) is 0 Å². The molecule has 1 aliphatic rings. The number of hydrogen-bond acceptors (Lipinski definition) is 3. The zero-order valence-electron chi connectivity index (χ0n) is 11.1. The van der Waals surface area contributed by atoms with E-state index < -0.39 is 0 Å². The summed E-state index contributed by atoms with van der Waals surface area (Å²) in [5.74, 6) is 0.732. The first-order chi connectivity index (χ1) is 8.79. The SMILES string of the molecule is CC(NCc1ccc(CO)cc1)C1CCOCC1. The molecule has 0 spiro atoms. The van der Waals surface area contributed by atoms with Gasteiger partial charge in [-0.1, -0.05) is 24.3 Å². The summed E-state index contributed by atoms with van der Waals surface area (Å²) in [5, 5.41) is 12.6. The van der Waals surface area contributed by atoms with Gasteiger partial charge < -0.3 is 15.2 Å². The molecule has 0 saturated carbocycles. The van der Waals surface area contributed by atoms with Crippen LogP contribution in [0.15, 0.2) is 24.3 Å². The van der Waals surface area contributed by atoms with E-state index in [0.29, 0.717) is 6.04 Å². The molecule has 1 saturated heterocycles. The van der Waals surface area contributed by atoms with E-state index >= 15 is 0 Å². The Kier molecular flexibility index (Phi) is 5.17. The average Bonchev–Trinajstić information content (AvgIpc) is 2.46. The van der Waals surface area contributed by atoms with Crippen molar-refractivity contribution in [1.82, 2.24) is 5.32 Å². The van der Waals surface area contributed by atoms with E-state index in [-0.39, 0.29) is 6.61 Å². The smallest absolute Gasteiger partial charge is 0.0681 e. The van der Waals surface area contributed by atoms with Crippen molar-refractivity contribution < 1.29 is 9.84 Å². The van der Waals surface area contributed by atoms with E-state index in [4.69, 9.17) is 9.84 Å². The third-order valence-electron chi connectivity index (χ3n) is 3.81. The van der Waals surface area contributed by atoms with E-state index in [1.807, 2.05) is 12.1 Å². The number of aliphatic hydroxyl groups excluding tert-OH is 1. The Bertz CT molecular complexity index is 344. The van der Waals surface area contributed by atoms with Gasteiger partial charge in [-0.05, 0) is 36.8 Å². The molecule has 1 heterocycles. The number of rotatable bonds is 5. The maximum atomic E-state index is 8.99. The minimum atomic E-state index is 0.117. The van der Waals surface area contributed by atoms with Crippen LogP contribution in [0.3, 0.4) is 0 Å². The Hall–Kier alpha value is -0.900. The lowest BCUT2D eigenvalue weighted by Crippen LogP contribution is -2.36. The normalized spacial score (nSPS) is 18.8. The number of aliphatic hydroxyl groups is 1. The molecule has 1 unspecified atom stereocenters. The molecular weight excluding hydrogens is 226 g/mol. The largest absolute Gasteiger partial charge is 0.392 e. The van der Waals surface area contributed by atoms with Crippen LogP contribution in [0.5, 0.6) is 0 Å². The van der Waals surface area contributed by atoms with Gasteiger partial charge in [0.05, 0.1) is 6.61 Å². The molecule has 100 valence electrons. The highest BCUT2D eigenvalue weighted by Gasteiger charge is 2.19. The topological polar surface area (TPSA) is 41.5 Å². The summed E-state index contributed by atoms with van der Waals surface area (Å²) < 4.78 is 5.39. The highest BCUT2D eigenvalue weighted by atomic mass is 16.5. The van der Waals surface area contributed by atoms with Gasteiger partial charge in [-0.2, -0.15) is 0 Å². The number of ether oxygens (including phenoxy) is 1. The molecule has 0 aromatic heterocycles. The van der Waals surface area contributed by atoms with E-state index in [1.54, 1.807) is 0 Å². The molecule has 3 nitrogen and oxygen atoms in total. The van der Waals surface area contributed by atoms with Crippen LogP contribution in [0.25, 0.3) is 0 Å². The van der Waals surface area contributed by atoms with Crippen LogP contribution in [0, 0.1) is 5.92 Å². The fourth-order valence-electron chi connectivity index (χ4n) is 2.42.